The highest BCUT2D eigenvalue weighted by Crippen LogP contribution is 2.31. The van der Waals surface area contributed by atoms with Crippen LogP contribution in [-0.4, -0.2) is 34.6 Å². The van der Waals surface area contributed by atoms with E-state index in [0.717, 1.165) is 10.0 Å². The highest BCUT2D eigenvalue weighted by atomic mass is 79.9. The van der Waals surface area contributed by atoms with Crippen molar-refractivity contribution in [1.82, 2.24) is 4.90 Å². The first-order valence-electron chi connectivity index (χ1n) is 6.16. The van der Waals surface area contributed by atoms with Crippen molar-refractivity contribution in [3.8, 4) is 11.8 Å². The highest BCUT2D eigenvalue weighted by Gasteiger charge is 2.45. The molecule has 0 radical (unpaired) electrons. The Hall–Kier alpha value is -2.00. The number of oxime groups is 1. The van der Waals surface area contributed by atoms with Crippen LogP contribution < -0.4 is 0 Å². The molecule has 0 aromatic heterocycles. The summed E-state index contributed by atoms with van der Waals surface area (Å²) in [5.41, 5.74) is 1.50. The van der Waals surface area contributed by atoms with Crippen LogP contribution in [0.4, 0.5) is 4.79 Å². The molecular formula is C14H11BrN2O3. The van der Waals surface area contributed by atoms with Gasteiger partial charge in [0.1, 0.15) is 5.71 Å². The first kappa shape index (κ1) is 13.0. The fraction of sp³-hybridized carbons (Fsp3) is 0.286. The maximum Gasteiger partial charge on any atom is 0.410 e. The Bertz CT molecular complexity index is 647. The molecule has 1 amide bonds. The van der Waals surface area contributed by atoms with E-state index in [9.17, 15) is 4.79 Å². The van der Waals surface area contributed by atoms with E-state index in [-0.39, 0.29) is 5.92 Å². The van der Waals surface area contributed by atoms with Gasteiger partial charge in [-0.05, 0) is 30.5 Å². The van der Waals surface area contributed by atoms with E-state index >= 15 is 0 Å². The van der Waals surface area contributed by atoms with Crippen molar-refractivity contribution in [1.29, 1.82) is 0 Å². The molecule has 20 heavy (non-hydrogen) atoms. The predicted octanol–water partition coefficient (Wildman–Crippen LogP) is 2.51. The largest absolute Gasteiger partial charge is 0.465 e. The molecule has 2 heterocycles. The van der Waals surface area contributed by atoms with Gasteiger partial charge >= 0.3 is 6.09 Å². The summed E-state index contributed by atoms with van der Waals surface area (Å²) in [6.45, 7) is 0.461. The highest BCUT2D eigenvalue weighted by molar-refractivity contribution is 9.10. The second-order valence-corrected chi connectivity index (χ2v) is 5.52. The summed E-state index contributed by atoms with van der Waals surface area (Å²) in [4.78, 5) is 17.5. The fourth-order valence-corrected chi connectivity index (χ4v) is 2.77. The molecule has 1 aromatic rings. The number of rotatable bonds is 0. The van der Waals surface area contributed by atoms with Gasteiger partial charge in [0.15, 0.2) is 0 Å². The van der Waals surface area contributed by atoms with E-state index in [2.05, 4.69) is 32.9 Å². The summed E-state index contributed by atoms with van der Waals surface area (Å²) in [5.74, 6) is 5.97. The number of carboxylic acid groups (broad SMARTS) is 1. The number of likely N-dealkylation sites (tertiary alicyclic amines) is 1. The smallest absolute Gasteiger partial charge is 0.410 e. The quantitative estimate of drug-likeness (QED) is 0.741. The lowest BCUT2D eigenvalue weighted by Crippen LogP contribution is -2.36. The number of hydrogen-bond donors (Lipinski definition) is 1. The number of benzene rings is 1. The summed E-state index contributed by atoms with van der Waals surface area (Å²) in [5, 5.41) is 13.0. The molecule has 1 fully saturated rings. The Labute approximate surface area is 124 Å². The number of carbonyl (C=O) groups is 1. The second kappa shape index (κ2) is 5.17. The number of hydrogen-bond acceptors (Lipinski definition) is 3. The van der Waals surface area contributed by atoms with E-state index in [0.29, 0.717) is 18.7 Å². The molecule has 0 saturated carbocycles. The zero-order valence-corrected chi connectivity index (χ0v) is 12.0. The molecule has 1 N–H and O–H groups in total. The summed E-state index contributed by atoms with van der Waals surface area (Å²) < 4.78 is 0.963. The van der Waals surface area contributed by atoms with Gasteiger partial charge in [-0.25, -0.2) is 4.79 Å². The third-order valence-electron chi connectivity index (χ3n) is 3.35. The number of fused-ring (bicyclic) bond motifs is 1. The van der Waals surface area contributed by atoms with Gasteiger partial charge in [0.05, 0.1) is 5.92 Å². The lowest BCUT2D eigenvalue weighted by molar-refractivity contribution is -0.0173. The van der Waals surface area contributed by atoms with Crippen LogP contribution in [0, 0.1) is 17.8 Å². The molecular weight excluding hydrogens is 324 g/mol. The number of amides is 1. The van der Waals surface area contributed by atoms with Crippen LogP contribution in [-0.2, 0) is 4.84 Å². The number of halogens is 1. The maximum atomic E-state index is 11.0. The van der Waals surface area contributed by atoms with Crippen LogP contribution in [0.5, 0.6) is 0 Å². The van der Waals surface area contributed by atoms with Crippen molar-refractivity contribution >= 4 is 27.7 Å². The Morgan fingerprint density at radius 2 is 2.35 bits per heavy atom. The van der Waals surface area contributed by atoms with Crippen LogP contribution in [0.15, 0.2) is 33.9 Å². The summed E-state index contributed by atoms with van der Waals surface area (Å²) in [6, 6.07) is 7.66. The van der Waals surface area contributed by atoms with Gasteiger partial charge in [-0.1, -0.05) is 33.1 Å². The molecule has 6 heteroatoms. The third kappa shape index (κ3) is 2.37. The molecule has 1 saturated heterocycles. The summed E-state index contributed by atoms with van der Waals surface area (Å²) >= 11 is 3.39. The molecule has 2 aliphatic heterocycles. The molecule has 0 aliphatic carbocycles. The second-order valence-electron chi connectivity index (χ2n) is 4.60. The molecule has 1 aromatic carbocycles. The van der Waals surface area contributed by atoms with E-state index in [1.54, 1.807) is 0 Å². The fourth-order valence-electron chi connectivity index (χ4n) is 2.37. The topological polar surface area (TPSA) is 62.1 Å². The van der Waals surface area contributed by atoms with Crippen LogP contribution in [0.1, 0.15) is 12.0 Å². The first-order chi connectivity index (χ1) is 9.65. The lowest BCUT2D eigenvalue weighted by atomic mass is 10.0. The van der Waals surface area contributed by atoms with Gasteiger partial charge in [0, 0.05) is 16.6 Å². The molecule has 102 valence electrons. The van der Waals surface area contributed by atoms with Crippen LogP contribution in [0.2, 0.25) is 0 Å². The molecule has 0 spiro atoms. The molecule has 2 aliphatic rings. The van der Waals surface area contributed by atoms with Crippen LogP contribution >= 0.6 is 15.9 Å². The van der Waals surface area contributed by atoms with Crippen LogP contribution in [0.3, 0.4) is 0 Å². The van der Waals surface area contributed by atoms with Gasteiger partial charge in [-0.15, -0.1) is 0 Å². The third-order valence-corrected chi connectivity index (χ3v) is 3.84. The summed E-state index contributed by atoms with van der Waals surface area (Å²) in [7, 11) is 0. The van der Waals surface area contributed by atoms with Crippen molar-refractivity contribution in [2.24, 2.45) is 11.1 Å². The Morgan fingerprint density at radius 3 is 3.10 bits per heavy atom. The van der Waals surface area contributed by atoms with Crippen molar-refractivity contribution in [2.45, 2.75) is 12.6 Å². The van der Waals surface area contributed by atoms with Crippen molar-refractivity contribution in [2.75, 3.05) is 6.54 Å². The van der Waals surface area contributed by atoms with Crippen molar-refractivity contribution in [3.05, 3.63) is 34.3 Å². The van der Waals surface area contributed by atoms with Gasteiger partial charge in [-0.3, -0.25) is 4.90 Å². The monoisotopic (exact) mass is 334 g/mol. The normalized spacial score (nSPS) is 23.4. The van der Waals surface area contributed by atoms with Gasteiger partial charge in [0.25, 0.3) is 0 Å². The van der Waals surface area contributed by atoms with E-state index in [4.69, 9.17) is 9.94 Å². The molecule has 2 unspecified atom stereocenters. The molecule has 5 nitrogen and oxygen atoms in total. The van der Waals surface area contributed by atoms with Gasteiger partial charge < -0.3 is 9.94 Å². The maximum absolute atomic E-state index is 11.0. The SMILES string of the molecule is O=C(O)N1CCC2C(C#Cc3cccc(Br)c3)=NOC21. The zero-order valence-electron chi connectivity index (χ0n) is 10.4. The van der Waals surface area contributed by atoms with Gasteiger partial charge in [0.2, 0.25) is 6.23 Å². The average Bonchev–Trinajstić information content (AvgIpc) is 2.97. The molecule has 0 bridgehead atoms. The standard InChI is InChI=1S/C14H11BrN2O3/c15-10-3-1-2-9(8-10)4-5-12-11-6-7-17(14(18)19)13(11)20-16-12/h1-3,8,11,13H,6-7H2,(H,18,19). The first-order valence-corrected chi connectivity index (χ1v) is 6.95. The van der Waals surface area contributed by atoms with Crippen molar-refractivity contribution in [3.63, 3.8) is 0 Å². The van der Waals surface area contributed by atoms with E-state index in [1.807, 2.05) is 24.3 Å². The Balaban J connectivity index is 1.76. The van der Waals surface area contributed by atoms with Crippen LogP contribution in [0.25, 0.3) is 0 Å². The van der Waals surface area contributed by atoms with Gasteiger partial charge in [-0.2, -0.15) is 0 Å². The van der Waals surface area contributed by atoms with E-state index in [1.165, 1.54) is 4.90 Å². The lowest BCUT2D eigenvalue weighted by Gasteiger charge is -2.17. The summed E-state index contributed by atoms with van der Waals surface area (Å²) in [6.07, 6.45) is -0.795. The minimum absolute atomic E-state index is 0.0502. The molecule has 2 atom stereocenters. The minimum Gasteiger partial charge on any atom is -0.465 e. The van der Waals surface area contributed by atoms with E-state index < -0.39 is 12.3 Å². The average molecular weight is 335 g/mol. The zero-order chi connectivity index (χ0) is 14.1. The van der Waals surface area contributed by atoms with Crippen molar-refractivity contribution < 1.29 is 14.7 Å². The Morgan fingerprint density at radius 1 is 1.50 bits per heavy atom. The number of nitrogens with zero attached hydrogens (tertiary/aromatic N) is 2. The minimum atomic E-state index is -0.978. The Kier molecular flexibility index (Phi) is 3.36. The predicted molar refractivity (Wildman–Crippen MR) is 76.2 cm³/mol. The molecule has 3 rings (SSSR count).